The minimum atomic E-state index is 0.0842. The van der Waals surface area contributed by atoms with Gasteiger partial charge in [-0.3, -0.25) is 9.48 Å². The fourth-order valence-corrected chi connectivity index (χ4v) is 2.13. The highest BCUT2D eigenvalue weighted by Gasteiger charge is 2.19. The third-order valence-corrected chi connectivity index (χ3v) is 3.18. The lowest BCUT2D eigenvalue weighted by molar-refractivity contribution is -0.122. The van der Waals surface area contributed by atoms with Crippen LogP contribution in [0.2, 0.25) is 0 Å². The number of carbonyl (C=O) groups excluding carboxylic acids is 1. The second-order valence-electron chi connectivity index (χ2n) is 4.60. The number of nitrogens with two attached hydrogens (primary N) is 1. The van der Waals surface area contributed by atoms with Crippen LogP contribution in [0.15, 0.2) is 12.4 Å². The maximum absolute atomic E-state index is 11.7. The highest BCUT2D eigenvalue weighted by molar-refractivity contribution is 5.76. The van der Waals surface area contributed by atoms with Gasteiger partial charge < -0.3 is 11.1 Å². The van der Waals surface area contributed by atoms with Gasteiger partial charge in [0, 0.05) is 24.7 Å². The molecule has 0 bridgehead atoms. The van der Waals surface area contributed by atoms with E-state index in [4.69, 9.17) is 5.73 Å². The molecule has 1 aliphatic rings. The minimum absolute atomic E-state index is 0.0842. The second kappa shape index (κ2) is 5.77. The monoisotopic (exact) mass is 237 g/mol. The number of nitrogens with zero attached hydrogens (tertiary/aromatic N) is 3. The van der Waals surface area contributed by atoms with Gasteiger partial charge in [0.15, 0.2) is 0 Å². The van der Waals surface area contributed by atoms with Gasteiger partial charge in [0.2, 0.25) is 5.91 Å². The Morgan fingerprint density at radius 1 is 1.41 bits per heavy atom. The molecule has 3 N–H and O–H groups in total. The number of hydrogen-bond acceptors (Lipinski definition) is 4. The zero-order chi connectivity index (χ0) is 12.1. The van der Waals surface area contributed by atoms with Gasteiger partial charge in [-0.15, -0.1) is 5.10 Å². The van der Waals surface area contributed by atoms with Crippen LogP contribution in [0.5, 0.6) is 0 Å². The summed E-state index contributed by atoms with van der Waals surface area (Å²) < 4.78 is 1.66. The second-order valence-corrected chi connectivity index (χ2v) is 4.60. The molecule has 0 aromatic carbocycles. The molecule has 6 heteroatoms. The number of nitrogens with one attached hydrogen (secondary N) is 1. The largest absolute Gasteiger partial charge is 0.353 e. The quantitative estimate of drug-likeness (QED) is 0.775. The molecule has 17 heavy (non-hydrogen) atoms. The van der Waals surface area contributed by atoms with Crippen molar-refractivity contribution >= 4 is 5.91 Å². The molecule has 1 heterocycles. The van der Waals surface area contributed by atoms with E-state index in [1.165, 1.54) is 0 Å². The smallest absolute Gasteiger partial charge is 0.222 e. The number of hydrogen-bond donors (Lipinski definition) is 2. The average Bonchev–Trinajstić information content (AvgIpc) is 2.83. The molecule has 1 saturated carbocycles. The van der Waals surface area contributed by atoms with Gasteiger partial charge >= 0.3 is 0 Å². The van der Waals surface area contributed by atoms with E-state index in [1.807, 2.05) is 0 Å². The zero-order valence-corrected chi connectivity index (χ0v) is 9.88. The molecule has 6 nitrogen and oxygen atoms in total. The van der Waals surface area contributed by atoms with E-state index in [-0.39, 0.29) is 5.91 Å². The lowest BCUT2D eigenvalue weighted by Gasteiger charge is -2.26. The van der Waals surface area contributed by atoms with Gasteiger partial charge in [-0.05, 0) is 25.7 Å². The molecule has 0 atom stereocenters. The van der Waals surface area contributed by atoms with Crippen molar-refractivity contribution in [2.45, 2.75) is 50.7 Å². The van der Waals surface area contributed by atoms with Crippen LogP contribution in [-0.2, 0) is 11.3 Å². The van der Waals surface area contributed by atoms with Crippen molar-refractivity contribution in [3.8, 4) is 0 Å². The molecule has 0 saturated heterocycles. The number of aryl methyl sites for hydroxylation is 1. The molecule has 0 spiro atoms. The van der Waals surface area contributed by atoms with E-state index < -0.39 is 0 Å². The molecule has 1 fully saturated rings. The lowest BCUT2D eigenvalue weighted by atomic mass is 9.92. The van der Waals surface area contributed by atoms with Crippen LogP contribution in [0.3, 0.4) is 0 Å². The first kappa shape index (κ1) is 12.0. The molecule has 1 amide bonds. The summed E-state index contributed by atoms with van der Waals surface area (Å²) in [6.07, 6.45) is 7.83. The Hall–Kier alpha value is -1.43. The predicted molar refractivity (Wildman–Crippen MR) is 63.0 cm³/mol. The first-order valence-electron chi connectivity index (χ1n) is 6.13. The van der Waals surface area contributed by atoms with Crippen molar-refractivity contribution in [2.75, 3.05) is 0 Å². The van der Waals surface area contributed by atoms with Crippen LogP contribution < -0.4 is 11.1 Å². The summed E-state index contributed by atoms with van der Waals surface area (Å²) in [5, 5.41) is 10.6. The van der Waals surface area contributed by atoms with Gasteiger partial charge in [-0.2, -0.15) is 0 Å². The third kappa shape index (κ3) is 3.81. The molecule has 1 aliphatic carbocycles. The summed E-state index contributed by atoms with van der Waals surface area (Å²) in [4.78, 5) is 11.7. The summed E-state index contributed by atoms with van der Waals surface area (Å²) in [5.41, 5.74) is 5.82. The van der Waals surface area contributed by atoms with E-state index in [1.54, 1.807) is 17.1 Å². The predicted octanol–water partition coefficient (Wildman–Crippen LogP) is 0.0543. The average molecular weight is 237 g/mol. The fraction of sp³-hybridized carbons (Fsp3) is 0.727. The minimum Gasteiger partial charge on any atom is -0.353 e. The SMILES string of the molecule is NC1CCC(NC(=O)CCn2ccnn2)CC1. The third-order valence-electron chi connectivity index (χ3n) is 3.18. The zero-order valence-electron chi connectivity index (χ0n) is 9.88. The van der Waals surface area contributed by atoms with E-state index in [2.05, 4.69) is 15.6 Å². The van der Waals surface area contributed by atoms with E-state index in [0.717, 1.165) is 25.7 Å². The van der Waals surface area contributed by atoms with Crippen molar-refractivity contribution in [1.82, 2.24) is 20.3 Å². The molecule has 0 aliphatic heterocycles. The van der Waals surface area contributed by atoms with Crippen LogP contribution in [0.25, 0.3) is 0 Å². The Balaban J connectivity index is 1.67. The molecule has 2 rings (SSSR count). The Morgan fingerprint density at radius 2 is 2.18 bits per heavy atom. The van der Waals surface area contributed by atoms with Crippen molar-refractivity contribution in [3.05, 3.63) is 12.4 Å². The summed E-state index contributed by atoms with van der Waals surface area (Å²) in [6.45, 7) is 0.581. The number of rotatable bonds is 4. The summed E-state index contributed by atoms with van der Waals surface area (Å²) >= 11 is 0. The summed E-state index contributed by atoms with van der Waals surface area (Å²) in [7, 11) is 0. The molecular weight excluding hydrogens is 218 g/mol. The first-order valence-corrected chi connectivity index (χ1v) is 6.13. The van der Waals surface area contributed by atoms with Crippen LogP contribution in [0.1, 0.15) is 32.1 Å². The fourth-order valence-electron chi connectivity index (χ4n) is 2.13. The van der Waals surface area contributed by atoms with Crippen LogP contribution in [-0.4, -0.2) is 33.0 Å². The van der Waals surface area contributed by atoms with Crippen molar-refractivity contribution < 1.29 is 4.79 Å². The summed E-state index contributed by atoms with van der Waals surface area (Å²) in [5.74, 6) is 0.0842. The van der Waals surface area contributed by atoms with E-state index in [9.17, 15) is 4.79 Å². The van der Waals surface area contributed by atoms with Gasteiger partial charge in [-0.25, -0.2) is 0 Å². The van der Waals surface area contributed by atoms with Crippen LogP contribution in [0.4, 0.5) is 0 Å². The molecule has 94 valence electrons. The Morgan fingerprint density at radius 3 is 2.82 bits per heavy atom. The maximum Gasteiger partial charge on any atom is 0.222 e. The number of carbonyl (C=O) groups is 1. The van der Waals surface area contributed by atoms with Gasteiger partial charge in [0.05, 0.1) is 12.7 Å². The number of amides is 1. The summed E-state index contributed by atoms with van der Waals surface area (Å²) in [6, 6.07) is 0.622. The van der Waals surface area contributed by atoms with Gasteiger partial charge in [0.1, 0.15) is 0 Å². The first-order chi connectivity index (χ1) is 8.24. The lowest BCUT2D eigenvalue weighted by Crippen LogP contribution is -2.40. The molecular formula is C11H19N5O. The molecule has 1 aromatic rings. The van der Waals surface area contributed by atoms with Crippen molar-refractivity contribution in [3.63, 3.8) is 0 Å². The Bertz CT molecular complexity index is 343. The molecule has 0 radical (unpaired) electrons. The van der Waals surface area contributed by atoms with E-state index >= 15 is 0 Å². The molecule has 0 unspecified atom stereocenters. The topological polar surface area (TPSA) is 85.8 Å². The van der Waals surface area contributed by atoms with Gasteiger partial charge in [-0.1, -0.05) is 5.21 Å². The van der Waals surface area contributed by atoms with E-state index in [0.29, 0.717) is 25.0 Å². The van der Waals surface area contributed by atoms with Crippen molar-refractivity contribution in [1.29, 1.82) is 0 Å². The normalized spacial score (nSPS) is 24.5. The Kier molecular flexibility index (Phi) is 4.08. The maximum atomic E-state index is 11.7. The Labute approximate surface area is 101 Å². The standard InChI is InChI=1S/C11H19N5O/c12-9-1-3-10(4-2-9)14-11(17)5-7-16-8-6-13-15-16/h6,8-10H,1-5,7,12H2,(H,14,17). The van der Waals surface area contributed by atoms with Crippen LogP contribution in [0, 0.1) is 0 Å². The molecule has 1 aromatic heterocycles. The highest BCUT2D eigenvalue weighted by atomic mass is 16.1. The van der Waals surface area contributed by atoms with Gasteiger partial charge in [0.25, 0.3) is 0 Å². The highest BCUT2D eigenvalue weighted by Crippen LogP contribution is 2.16. The number of aromatic nitrogens is 3. The van der Waals surface area contributed by atoms with Crippen LogP contribution >= 0.6 is 0 Å². The van der Waals surface area contributed by atoms with Crippen molar-refractivity contribution in [2.24, 2.45) is 5.73 Å².